The van der Waals surface area contributed by atoms with Crippen LogP contribution in [0.25, 0.3) is 11.3 Å². The molecule has 1 aliphatic heterocycles. The van der Waals surface area contributed by atoms with E-state index in [2.05, 4.69) is 15.7 Å². The zero-order valence-electron chi connectivity index (χ0n) is 9.44. The van der Waals surface area contributed by atoms with Crippen LogP contribution in [0.5, 0.6) is 0 Å². The normalized spacial score (nSPS) is 19.1. The van der Waals surface area contributed by atoms with Gasteiger partial charge in [-0.05, 0) is 18.6 Å². The van der Waals surface area contributed by atoms with Gasteiger partial charge in [-0.15, -0.1) is 0 Å². The molecule has 0 bridgehead atoms. The van der Waals surface area contributed by atoms with Gasteiger partial charge in [-0.1, -0.05) is 23.7 Å². The standard InChI is InChI=1S/C13H14ClN3/c14-10-3-1-2-9(6-10)12-8-17-5-4-11(15)7-13(17)16-12/h1-3,6,8,11H,4-5,7,15H2. The van der Waals surface area contributed by atoms with Crippen LogP contribution in [0.4, 0.5) is 0 Å². The van der Waals surface area contributed by atoms with Crippen molar-refractivity contribution in [2.75, 3.05) is 0 Å². The molecule has 2 heterocycles. The molecule has 3 nitrogen and oxygen atoms in total. The number of imidazole rings is 1. The van der Waals surface area contributed by atoms with Crippen molar-refractivity contribution in [3.8, 4) is 11.3 Å². The van der Waals surface area contributed by atoms with Gasteiger partial charge in [-0.3, -0.25) is 0 Å². The van der Waals surface area contributed by atoms with E-state index in [0.29, 0.717) is 0 Å². The Labute approximate surface area is 105 Å². The van der Waals surface area contributed by atoms with Gasteiger partial charge in [0, 0.05) is 35.8 Å². The number of fused-ring (bicyclic) bond motifs is 1. The van der Waals surface area contributed by atoms with Crippen LogP contribution in [0.3, 0.4) is 0 Å². The maximum absolute atomic E-state index is 5.99. The van der Waals surface area contributed by atoms with E-state index in [4.69, 9.17) is 17.3 Å². The fraction of sp³-hybridized carbons (Fsp3) is 0.308. The molecule has 2 N–H and O–H groups in total. The quantitative estimate of drug-likeness (QED) is 0.841. The monoisotopic (exact) mass is 247 g/mol. The zero-order chi connectivity index (χ0) is 11.8. The molecule has 0 radical (unpaired) electrons. The van der Waals surface area contributed by atoms with E-state index in [1.54, 1.807) is 0 Å². The van der Waals surface area contributed by atoms with Gasteiger partial charge in [-0.25, -0.2) is 4.98 Å². The molecule has 1 atom stereocenters. The summed E-state index contributed by atoms with van der Waals surface area (Å²) in [7, 11) is 0. The molecule has 1 unspecified atom stereocenters. The predicted octanol–water partition coefficient (Wildman–Crippen LogP) is 2.48. The number of hydrogen-bond donors (Lipinski definition) is 1. The molecule has 0 aliphatic carbocycles. The van der Waals surface area contributed by atoms with E-state index in [1.807, 2.05) is 24.3 Å². The predicted molar refractivity (Wildman–Crippen MR) is 69.0 cm³/mol. The molecule has 3 rings (SSSR count). The first-order valence-corrected chi connectivity index (χ1v) is 6.18. The second kappa shape index (κ2) is 4.17. The Hall–Kier alpha value is -1.32. The molecule has 88 valence electrons. The second-order valence-electron chi connectivity index (χ2n) is 4.50. The fourth-order valence-corrected chi connectivity index (χ4v) is 2.43. The Morgan fingerprint density at radius 3 is 3.12 bits per heavy atom. The first kappa shape index (κ1) is 10.8. The van der Waals surface area contributed by atoms with Crippen LogP contribution in [-0.2, 0) is 13.0 Å². The topological polar surface area (TPSA) is 43.8 Å². The third-order valence-electron chi connectivity index (χ3n) is 3.17. The highest BCUT2D eigenvalue weighted by Gasteiger charge is 2.18. The van der Waals surface area contributed by atoms with Crippen molar-refractivity contribution < 1.29 is 0 Å². The van der Waals surface area contributed by atoms with Gasteiger partial charge in [-0.2, -0.15) is 0 Å². The van der Waals surface area contributed by atoms with Crippen LogP contribution in [0.15, 0.2) is 30.5 Å². The summed E-state index contributed by atoms with van der Waals surface area (Å²) in [5.41, 5.74) is 7.99. The van der Waals surface area contributed by atoms with Crippen LogP contribution in [-0.4, -0.2) is 15.6 Å². The van der Waals surface area contributed by atoms with Crippen LogP contribution in [0.2, 0.25) is 5.02 Å². The number of hydrogen-bond acceptors (Lipinski definition) is 2. The number of nitrogens with zero attached hydrogens (tertiary/aromatic N) is 2. The summed E-state index contributed by atoms with van der Waals surface area (Å²) >= 11 is 5.99. The molecular formula is C13H14ClN3. The number of aromatic nitrogens is 2. The van der Waals surface area contributed by atoms with Gasteiger partial charge >= 0.3 is 0 Å². The summed E-state index contributed by atoms with van der Waals surface area (Å²) < 4.78 is 2.19. The van der Waals surface area contributed by atoms with Crippen molar-refractivity contribution in [2.45, 2.75) is 25.4 Å². The minimum Gasteiger partial charge on any atom is -0.334 e. The lowest BCUT2D eigenvalue weighted by molar-refractivity contribution is 0.463. The van der Waals surface area contributed by atoms with Crippen LogP contribution in [0, 0.1) is 0 Å². The molecule has 0 fully saturated rings. The molecule has 1 aromatic carbocycles. The number of aryl methyl sites for hydroxylation is 1. The summed E-state index contributed by atoms with van der Waals surface area (Å²) in [6, 6.07) is 8.03. The summed E-state index contributed by atoms with van der Waals surface area (Å²) in [5.74, 6) is 1.08. The minimum atomic E-state index is 0.247. The Morgan fingerprint density at radius 2 is 2.29 bits per heavy atom. The Bertz CT molecular complexity index is 547. The van der Waals surface area contributed by atoms with E-state index in [-0.39, 0.29) is 6.04 Å². The molecule has 0 spiro atoms. The molecule has 0 saturated heterocycles. The molecule has 0 amide bonds. The van der Waals surface area contributed by atoms with E-state index < -0.39 is 0 Å². The van der Waals surface area contributed by atoms with Gasteiger partial charge in [0.2, 0.25) is 0 Å². The van der Waals surface area contributed by atoms with Crippen molar-refractivity contribution in [1.29, 1.82) is 0 Å². The summed E-state index contributed by atoms with van der Waals surface area (Å²) in [4.78, 5) is 4.64. The lowest BCUT2D eigenvalue weighted by atomic mass is 10.1. The summed E-state index contributed by atoms with van der Waals surface area (Å²) in [6.07, 6.45) is 3.98. The van der Waals surface area contributed by atoms with Crippen LogP contribution < -0.4 is 5.73 Å². The average Bonchev–Trinajstić information content (AvgIpc) is 2.72. The highest BCUT2D eigenvalue weighted by Crippen LogP contribution is 2.24. The van der Waals surface area contributed by atoms with Crippen LogP contribution >= 0.6 is 11.6 Å². The molecule has 4 heteroatoms. The molecule has 1 aromatic heterocycles. The summed E-state index contributed by atoms with van der Waals surface area (Å²) in [5, 5.41) is 0.741. The van der Waals surface area contributed by atoms with Gasteiger partial charge in [0.15, 0.2) is 0 Å². The number of rotatable bonds is 1. The maximum Gasteiger partial charge on any atom is 0.110 e. The third-order valence-corrected chi connectivity index (χ3v) is 3.40. The van der Waals surface area contributed by atoms with Crippen molar-refractivity contribution in [3.05, 3.63) is 41.3 Å². The average molecular weight is 248 g/mol. The lowest BCUT2D eigenvalue weighted by Crippen LogP contribution is -2.30. The van der Waals surface area contributed by atoms with Gasteiger partial charge in [0.05, 0.1) is 5.69 Å². The first-order valence-electron chi connectivity index (χ1n) is 5.80. The highest BCUT2D eigenvalue weighted by atomic mass is 35.5. The largest absolute Gasteiger partial charge is 0.334 e. The van der Waals surface area contributed by atoms with Crippen molar-refractivity contribution in [2.24, 2.45) is 5.73 Å². The number of nitrogens with two attached hydrogens (primary N) is 1. The lowest BCUT2D eigenvalue weighted by Gasteiger charge is -2.18. The first-order chi connectivity index (χ1) is 8.22. The molecule has 0 saturated carbocycles. The third kappa shape index (κ3) is 2.08. The fourth-order valence-electron chi connectivity index (χ4n) is 2.24. The van der Waals surface area contributed by atoms with E-state index >= 15 is 0 Å². The second-order valence-corrected chi connectivity index (χ2v) is 4.94. The highest BCUT2D eigenvalue weighted by molar-refractivity contribution is 6.30. The number of benzene rings is 1. The van der Waals surface area contributed by atoms with Crippen LogP contribution in [0.1, 0.15) is 12.2 Å². The number of halogens is 1. The maximum atomic E-state index is 5.99. The minimum absolute atomic E-state index is 0.247. The molecule has 17 heavy (non-hydrogen) atoms. The Kier molecular flexibility index (Phi) is 2.65. The smallest absolute Gasteiger partial charge is 0.110 e. The van der Waals surface area contributed by atoms with Gasteiger partial charge in [0.1, 0.15) is 5.82 Å². The van der Waals surface area contributed by atoms with E-state index in [9.17, 15) is 0 Å². The van der Waals surface area contributed by atoms with E-state index in [1.165, 1.54) is 0 Å². The molecule has 2 aromatic rings. The SMILES string of the molecule is NC1CCn2cc(-c3cccc(Cl)c3)nc2C1. The summed E-state index contributed by atoms with van der Waals surface area (Å²) in [6.45, 7) is 0.962. The van der Waals surface area contributed by atoms with E-state index in [0.717, 1.165) is 41.5 Å². The Morgan fingerprint density at radius 1 is 1.41 bits per heavy atom. The van der Waals surface area contributed by atoms with Gasteiger partial charge < -0.3 is 10.3 Å². The van der Waals surface area contributed by atoms with Crippen molar-refractivity contribution in [3.63, 3.8) is 0 Å². The van der Waals surface area contributed by atoms with Gasteiger partial charge in [0.25, 0.3) is 0 Å². The zero-order valence-corrected chi connectivity index (χ0v) is 10.2. The Balaban J connectivity index is 2.00. The van der Waals surface area contributed by atoms with Crippen molar-refractivity contribution >= 4 is 11.6 Å². The van der Waals surface area contributed by atoms with Crippen molar-refractivity contribution in [1.82, 2.24) is 9.55 Å². The molecule has 1 aliphatic rings. The molecular weight excluding hydrogens is 234 g/mol.